The third-order valence-corrected chi connectivity index (χ3v) is 3.58. The highest BCUT2D eigenvalue weighted by Gasteiger charge is 2.13. The van der Waals surface area contributed by atoms with Crippen LogP contribution in [0.2, 0.25) is 0 Å². The van der Waals surface area contributed by atoms with Gasteiger partial charge < -0.3 is 14.5 Å². The summed E-state index contributed by atoms with van der Waals surface area (Å²) in [6.07, 6.45) is 0. The minimum absolute atomic E-state index is 0.0758. The van der Waals surface area contributed by atoms with E-state index in [1.807, 2.05) is 31.2 Å². The van der Waals surface area contributed by atoms with E-state index in [1.54, 1.807) is 0 Å². The van der Waals surface area contributed by atoms with Crippen molar-refractivity contribution in [3.05, 3.63) is 29.8 Å². The van der Waals surface area contributed by atoms with Crippen LogP contribution in [0.15, 0.2) is 33.9 Å². The number of ether oxygens (including phenoxy) is 1. The van der Waals surface area contributed by atoms with Crippen molar-refractivity contribution >= 4 is 23.6 Å². The first kappa shape index (κ1) is 16.0. The molecule has 0 aliphatic heterocycles. The SMILES string of the molecule is COC(=O)CNC(=O)CSc1nnc(-c2ccccc2C)o1. The molecule has 1 heterocycles. The van der Waals surface area contributed by atoms with Crippen LogP contribution in [-0.2, 0) is 14.3 Å². The van der Waals surface area contributed by atoms with Crippen molar-refractivity contribution in [1.29, 1.82) is 0 Å². The van der Waals surface area contributed by atoms with Crippen LogP contribution in [0.3, 0.4) is 0 Å². The molecule has 0 saturated heterocycles. The summed E-state index contributed by atoms with van der Waals surface area (Å²) in [5.41, 5.74) is 1.88. The Morgan fingerprint density at radius 2 is 2.09 bits per heavy atom. The van der Waals surface area contributed by atoms with Crippen LogP contribution in [0.1, 0.15) is 5.56 Å². The molecule has 1 amide bonds. The molecule has 0 aliphatic rings. The number of esters is 1. The predicted molar refractivity (Wildman–Crippen MR) is 80.2 cm³/mol. The first-order valence-electron chi connectivity index (χ1n) is 6.46. The average Bonchev–Trinajstić information content (AvgIpc) is 2.99. The van der Waals surface area contributed by atoms with Gasteiger partial charge in [-0.3, -0.25) is 9.59 Å². The summed E-state index contributed by atoms with van der Waals surface area (Å²) in [4.78, 5) is 22.4. The molecule has 2 rings (SSSR count). The van der Waals surface area contributed by atoms with Gasteiger partial charge in [-0.05, 0) is 18.6 Å². The largest absolute Gasteiger partial charge is 0.468 e. The number of nitrogens with zero attached hydrogens (tertiary/aromatic N) is 2. The molecule has 116 valence electrons. The Kier molecular flexibility index (Phi) is 5.54. The molecule has 0 aliphatic carbocycles. The highest BCUT2D eigenvalue weighted by Crippen LogP contribution is 2.25. The van der Waals surface area contributed by atoms with Gasteiger partial charge in [0.2, 0.25) is 11.8 Å². The normalized spacial score (nSPS) is 10.3. The average molecular weight is 321 g/mol. The maximum atomic E-state index is 11.5. The number of aryl methyl sites for hydroxylation is 1. The lowest BCUT2D eigenvalue weighted by atomic mass is 10.1. The number of thioether (sulfide) groups is 1. The van der Waals surface area contributed by atoms with E-state index in [0.29, 0.717) is 11.1 Å². The molecule has 2 aromatic rings. The zero-order valence-corrected chi connectivity index (χ0v) is 13.0. The molecule has 1 aromatic carbocycles. The molecule has 22 heavy (non-hydrogen) atoms. The van der Waals surface area contributed by atoms with Crippen LogP contribution in [0, 0.1) is 6.92 Å². The molecule has 0 radical (unpaired) electrons. The van der Waals surface area contributed by atoms with E-state index in [2.05, 4.69) is 20.3 Å². The Morgan fingerprint density at radius 3 is 2.82 bits per heavy atom. The highest BCUT2D eigenvalue weighted by molar-refractivity contribution is 7.99. The Balaban J connectivity index is 1.89. The van der Waals surface area contributed by atoms with E-state index < -0.39 is 5.97 Å². The van der Waals surface area contributed by atoms with Gasteiger partial charge in [0.25, 0.3) is 5.22 Å². The zero-order chi connectivity index (χ0) is 15.9. The van der Waals surface area contributed by atoms with Crippen LogP contribution >= 0.6 is 11.8 Å². The topological polar surface area (TPSA) is 94.3 Å². The van der Waals surface area contributed by atoms with Crippen molar-refractivity contribution in [3.63, 3.8) is 0 Å². The van der Waals surface area contributed by atoms with Gasteiger partial charge >= 0.3 is 5.97 Å². The molecule has 0 bridgehead atoms. The standard InChI is InChI=1S/C14H15N3O4S/c1-9-5-3-4-6-10(9)13-16-17-14(21-13)22-8-11(18)15-7-12(19)20-2/h3-6H,7-8H2,1-2H3,(H,15,18). The van der Waals surface area contributed by atoms with Gasteiger partial charge in [0.05, 0.1) is 12.9 Å². The van der Waals surface area contributed by atoms with Crippen LogP contribution in [0.5, 0.6) is 0 Å². The number of rotatable bonds is 6. The van der Waals surface area contributed by atoms with Crippen molar-refractivity contribution < 1.29 is 18.7 Å². The van der Waals surface area contributed by atoms with Crippen molar-refractivity contribution in [2.75, 3.05) is 19.4 Å². The van der Waals surface area contributed by atoms with E-state index >= 15 is 0 Å². The summed E-state index contributed by atoms with van der Waals surface area (Å²) < 4.78 is 9.94. The molecule has 0 atom stereocenters. The Labute approximate surface area is 131 Å². The van der Waals surface area contributed by atoms with Gasteiger partial charge in [-0.15, -0.1) is 10.2 Å². The van der Waals surface area contributed by atoms with Crippen LogP contribution in [-0.4, -0.2) is 41.5 Å². The summed E-state index contributed by atoms with van der Waals surface area (Å²) in [7, 11) is 1.26. The van der Waals surface area contributed by atoms with Crippen LogP contribution in [0.25, 0.3) is 11.5 Å². The fraction of sp³-hybridized carbons (Fsp3) is 0.286. The minimum Gasteiger partial charge on any atom is -0.468 e. The van der Waals surface area contributed by atoms with Gasteiger partial charge in [-0.25, -0.2) is 0 Å². The lowest BCUT2D eigenvalue weighted by Crippen LogP contribution is -2.31. The number of carbonyl (C=O) groups excluding carboxylic acids is 2. The molecule has 1 N–H and O–H groups in total. The number of benzene rings is 1. The van der Waals surface area contributed by atoms with E-state index in [4.69, 9.17) is 4.42 Å². The van der Waals surface area contributed by atoms with Crippen LogP contribution < -0.4 is 5.32 Å². The first-order valence-corrected chi connectivity index (χ1v) is 7.44. The molecule has 8 heteroatoms. The lowest BCUT2D eigenvalue weighted by molar-refractivity contribution is -0.140. The third kappa shape index (κ3) is 4.32. The number of carbonyl (C=O) groups is 2. The van der Waals surface area contributed by atoms with Crippen molar-refractivity contribution in [3.8, 4) is 11.5 Å². The highest BCUT2D eigenvalue weighted by atomic mass is 32.2. The van der Waals surface area contributed by atoms with Crippen LogP contribution in [0.4, 0.5) is 0 Å². The van der Waals surface area contributed by atoms with E-state index in [0.717, 1.165) is 22.9 Å². The fourth-order valence-electron chi connectivity index (χ4n) is 1.61. The molecular formula is C14H15N3O4S. The zero-order valence-electron chi connectivity index (χ0n) is 12.2. The number of nitrogens with one attached hydrogen (secondary N) is 1. The monoisotopic (exact) mass is 321 g/mol. The van der Waals surface area contributed by atoms with E-state index in [1.165, 1.54) is 7.11 Å². The lowest BCUT2D eigenvalue weighted by Gasteiger charge is -2.01. The minimum atomic E-state index is -0.502. The smallest absolute Gasteiger partial charge is 0.325 e. The summed E-state index contributed by atoms with van der Waals surface area (Å²) >= 11 is 1.10. The van der Waals surface area contributed by atoms with Gasteiger partial charge in [0.15, 0.2) is 0 Å². The number of amides is 1. The molecule has 0 unspecified atom stereocenters. The summed E-state index contributed by atoms with van der Waals surface area (Å²) in [6, 6.07) is 7.66. The number of hydrogen-bond donors (Lipinski definition) is 1. The Morgan fingerprint density at radius 1 is 1.32 bits per heavy atom. The maximum Gasteiger partial charge on any atom is 0.325 e. The second-order valence-corrected chi connectivity index (χ2v) is 5.26. The van der Waals surface area contributed by atoms with Crippen molar-refractivity contribution in [1.82, 2.24) is 15.5 Å². The van der Waals surface area contributed by atoms with Gasteiger partial charge in [-0.2, -0.15) is 0 Å². The number of methoxy groups -OCH3 is 1. The van der Waals surface area contributed by atoms with Crippen molar-refractivity contribution in [2.24, 2.45) is 0 Å². The van der Waals surface area contributed by atoms with E-state index in [9.17, 15) is 9.59 Å². The molecule has 0 fully saturated rings. The van der Waals surface area contributed by atoms with Gasteiger partial charge in [-0.1, -0.05) is 30.0 Å². The second-order valence-electron chi connectivity index (χ2n) is 4.33. The molecule has 1 aromatic heterocycles. The number of aromatic nitrogens is 2. The maximum absolute atomic E-state index is 11.5. The second kappa shape index (κ2) is 7.60. The predicted octanol–water partition coefficient (Wildman–Crippen LogP) is 1.43. The molecule has 7 nitrogen and oxygen atoms in total. The first-order chi connectivity index (χ1) is 10.6. The fourth-order valence-corrected chi connectivity index (χ4v) is 2.20. The Bertz CT molecular complexity index is 672. The molecule has 0 saturated carbocycles. The summed E-state index contributed by atoms with van der Waals surface area (Å²) in [6.45, 7) is 1.79. The molecule has 0 spiro atoms. The van der Waals surface area contributed by atoms with E-state index in [-0.39, 0.29) is 18.2 Å². The van der Waals surface area contributed by atoms with Gasteiger partial charge in [0, 0.05) is 5.56 Å². The third-order valence-electron chi connectivity index (χ3n) is 2.77. The summed E-state index contributed by atoms with van der Waals surface area (Å²) in [5, 5.41) is 10.6. The Hall–Kier alpha value is -2.35. The molecular weight excluding hydrogens is 306 g/mol. The van der Waals surface area contributed by atoms with Gasteiger partial charge in [0.1, 0.15) is 6.54 Å². The number of hydrogen-bond acceptors (Lipinski definition) is 7. The van der Waals surface area contributed by atoms with Crippen molar-refractivity contribution in [2.45, 2.75) is 12.1 Å². The quantitative estimate of drug-likeness (QED) is 0.635. The summed E-state index contributed by atoms with van der Waals surface area (Å²) in [5.74, 6) is -0.327.